The number of hydrogen-bond donors (Lipinski definition) is 17. The number of likely N-dealkylation sites (tertiary alicyclic amines) is 1. The maximum Gasteiger partial charge on any atom is 0.303 e. The zero-order valence-corrected chi connectivity index (χ0v) is 54.5. The first-order valence-corrected chi connectivity index (χ1v) is 32.0. The van der Waals surface area contributed by atoms with Crippen LogP contribution in [0.5, 0.6) is 0 Å². The summed E-state index contributed by atoms with van der Waals surface area (Å²) in [5.74, 6) is -12.7. The lowest BCUT2D eigenvalue weighted by molar-refractivity contribution is -0.143. The van der Waals surface area contributed by atoms with E-state index in [1.807, 2.05) is 13.2 Å². The summed E-state index contributed by atoms with van der Waals surface area (Å²) in [6, 6.07) is -12.1. The fourth-order valence-electron chi connectivity index (χ4n) is 9.59. The van der Waals surface area contributed by atoms with Gasteiger partial charge in [0.15, 0.2) is 0 Å². The highest BCUT2D eigenvalue weighted by molar-refractivity contribution is 7.98. The van der Waals surface area contributed by atoms with E-state index in [4.69, 9.17) is 17.2 Å². The Morgan fingerprint density at radius 2 is 1.11 bits per heavy atom. The van der Waals surface area contributed by atoms with Crippen molar-refractivity contribution in [3.8, 4) is 0 Å². The van der Waals surface area contributed by atoms with Crippen LogP contribution in [-0.4, -0.2) is 224 Å². The van der Waals surface area contributed by atoms with Gasteiger partial charge in [-0.1, -0.05) is 61.8 Å². The summed E-state index contributed by atoms with van der Waals surface area (Å²) in [4.78, 5) is 176. The molecule has 11 atom stereocenters. The highest BCUT2D eigenvalue weighted by Crippen LogP contribution is 2.20. The molecule has 1 heterocycles. The Balaban J connectivity index is 3.33. The molecule has 32 heteroatoms. The summed E-state index contributed by atoms with van der Waals surface area (Å²) < 4.78 is 0. The summed E-state index contributed by atoms with van der Waals surface area (Å²) in [6.45, 7) is 16.8. The molecule has 0 aromatic carbocycles. The minimum atomic E-state index is -1.75. The summed E-state index contributed by atoms with van der Waals surface area (Å²) in [5, 5.41) is 52.2. The van der Waals surface area contributed by atoms with Crippen molar-refractivity contribution in [2.24, 2.45) is 46.8 Å². The normalized spacial score (nSPS) is 16.5. The van der Waals surface area contributed by atoms with Gasteiger partial charge in [0, 0.05) is 52.6 Å². The highest BCUT2D eigenvalue weighted by atomic mass is 32.2. The Morgan fingerprint density at radius 3 is 1.61 bits per heavy atom. The molecule has 89 heavy (non-hydrogen) atoms. The van der Waals surface area contributed by atoms with Crippen molar-refractivity contribution in [1.29, 1.82) is 0 Å². The Bertz CT molecular complexity index is 2340. The van der Waals surface area contributed by atoms with E-state index in [0.717, 1.165) is 6.92 Å². The number of nitrogens with two attached hydrogens (primary N) is 3. The average molecular weight is 1290 g/mol. The molecule has 1 aliphatic rings. The van der Waals surface area contributed by atoms with Gasteiger partial charge in [0.05, 0.1) is 19.1 Å². The van der Waals surface area contributed by atoms with E-state index >= 15 is 0 Å². The number of aliphatic carboxylic acids is 1. The second-order valence-electron chi connectivity index (χ2n) is 23.5. The molecule has 20 N–H and O–H groups in total. The zero-order chi connectivity index (χ0) is 67.7. The van der Waals surface area contributed by atoms with Crippen LogP contribution in [0.4, 0.5) is 0 Å². The standard InChI is InChI=1S/C57H104N16O15S/c1-12-33(8)47(72-51(82)37(17-23-89-11)65-42(76)25-35(27-62-20-18-58)28-63-21-19-59)55(86)71-46(32(6)7)54(85)70-45(31(4)5)53(84)66-36(15-16-44(78)79)50(81)67-38(24-30(2)3)49(80)64-29-43(77)69-48(34(9)74)56(87)68-39(26-41(60)75)57(88)73-22-13-14-40(73)52(83)61-10/h30-40,45-48,62-63,74H,12-29,58-59H2,1-11H3,(H2,60,75)(H,61,83)(H,64,80)(H,65,76)(H,66,84)(H,67,81)(H,68,87)(H,69,77)(H,70,85)(H,71,86)(H,72,82)(H,78,79)/t33-,34+,36-,37-,38-,39-,40-,45-,46-,47-,48-/m0/s1. The fourth-order valence-corrected chi connectivity index (χ4v) is 10.1. The van der Waals surface area contributed by atoms with Crippen molar-refractivity contribution in [2.75, 3.05) is 71.4 Å². The number of likely N-dealkylation sites (N-methyl/N-ethyl adjacent to an activating group) is 1. The first-order valence-electron chi connectivity index (χ1n) is 30.6. The van der Waals surface area contributed by atoms with Crippen molar-refractivity contribution in [3.05, 3.63) is 0 Å². The molecular formula is C57H104N16O15S. The van der Waals surface area contributed by atoms with Gasteiger partial charge in [-0.3, -0.25) is 62.3 Å². The number of hydrogen-bond acceptors (Lipinski definition) is 19. The van der Waals surface area contributed by atoms with Gasteiger partial charge in [-0.2, -0.15) is 11.8 Å². The average Bonchev–Trinajstić information content (AvgIpc) is 4.14. The van der Waals surface area contributed by atoms with E-state index in [-0.39, 0.29) is 43.6 Å². The van der Waals surface area contributed by atoms with Crippen LogP contribution in [0.25, 0.3) is 0 Å². The van der Waals surface area contributed by atoms with Gasteiger partial charge in [-0.25, -0.2) is 0 Å². The molecule has 0 radical (unpaired) electrons. The van der Waals surface area contributed by atoms with Crippen LogP contribution in [-0.2, 0) is 62.3 Å². The smallest absolute Gasteiger partial charge is 0.303 e. The molecule has 0 aromatic heterocycles. The van der Waals surface area contributed by atoms with Gasteiger partial charge >= 0.3 is 5.97 Å². The Labute approximate surface area is 526 Å². The number of aliphatic hydroxyl groups is 1. The molecule has 1 saturated heterocycles. The number of carbonyl (C=O) groups excluding carboxylic acids is 12. The minimum Gasteiger partial charge on any atom is -0.481 e. The molecule has 0 aliphatic carbocycles. The van der Waals surface area contributed by atoms with E-state index in [1.165, 1.54) is 23.7 Å². The summed E-state index contributed by atoms with van der Waals surface area (Å²) in [6.07, 6.45) is -0.0749. The van der Waals surface area contributed by atoms with Crippen LogP contribution in [0.15, 0.2) is 0 Å². The molecular weight excluding hydrogens is 1180 g/mol. The third kappa shape index (κ3) is 29.6. The number of thioether (sulfide) groups is 1. The van der Waals surface area contributed by atoms with Crippen molar-refractivity contribution < 1.29 is 72.5 Å². The lowest BCUT2D eigenvalue weighted by Gasteiger charge is -2.31. The van der Waals surface area contributed by atoms with Crippen LogP contribution in [0, 0.1) is 29.6 Å². The molecule has 0 unspecified atom stereocenters. The van der Waals surface area contributed by atoms with Crippen LogP contribution in [0.1, 0.15) is 120 Å². The zero-order valence-electron chi connectivity index (χ0n) is 53.7. The van der Waals surface area contributed by atoms with E-state index in [2.05, 4.69) is 63.8 Å². The third-order valence-electron chi connectivity index (χ3n) is 14.8. The number of carbonyl (C=O) groups is 13. The molecule has 0 bridgehead atoms. The van der Waals surface area contributed by atoms with E-state index in [0.29, 0.717) is 64.3 Å². The number of primary amides is 1. The quantitative estimate of drug-likeness (QED) is 0.0254. The maximum atomic E-state index is 14.3. The van der Waals surface area contributed by atoms with Crippen LogP contribution >= 0.6 is 11.8 Å². The largest absolute Gasteiger partial charge is 0.481 e. The Hall–Kier alpha value is -6.74. The van der Waals surface area contributed by atoms with Crippen LogP contribution in [0.3, 0.4) is 0 Å². The first-order chi connectivity index (χ1) is 41.9. The fraction of sp³-hybridized carbons (Fsp3) is 0.772. The molecule has 1 rings (SSSR count). The summed E-state index contributed by atoms with van der Waals surface area (Å²) in [7, 11) is 1.39. The van der Waals surface area contributed by atoms with Gasteiger partial charge in [-0.05, 0) is 93.7 Å². The van der Waals surface area contributed by atoms with Crippen molar-refractivity contribution in [2.45, 2.75) is 181 Å². The molecule has 1 fully saturated rings. The van der Waals surface area contributed by atoms with Gasteiger partial charge in [0.1, 0.15) is 54.4 Å². The summed E-state index contributed by atoms with van der Waals surface area (Å²) in [5.41, 5.74) is 16.7. The number of rotatable bonds is 44. The highest BCUT2D eigenvalue weighted by Gasteiger charge is 2.41. The first kappa shape index (κ1) is 80.3. The summed E-state index contributed by atoms with van der Waals surface area (Å²) >= 11 is 1.47. The predicted octanol–water partition coefficient (Wildman–Crippen LogP) is -4.90. The molecule has 31 nitrogen and oxygen atoms in total. The second kappa shape index (κ2) is 42.3. The van der Waals surface area contributed by atoms with E-state index in [9.17, 15) is 72.5 Å². The lowest BCUT2D eigenvalue weighted by atomic mass is 9.95. The number of carboxylic acid groups (broad SMARTS) is 1. The second-order valence-corrected chi connectivity index (χ2v) is 24.5. The molecule has 12 amide bonds. The maximum absolute atomic E-state index is 14.3. The van der Waals surface area contributed by atoms with Gasteiger partial charge in [-0.15, -0.1) is 0 Å². The minimum absolute atomic E-state index is 0.0442. The van der Waals surface area contributed by atoms with Gasteiger partial charge in [0.2, 0.25) is 70.9 Å². The van der Waals surface area contributed by atoms with E-state index < -0.39 is 175 Å². The Kier molecular flexibility index (Phi) is 38.1. The van der Waals surface area contributed by atoms with Gasteiger partial charge in [0.25, 0.3) is 0 Å². The SMILES string of the molecule is CC[C@H](C)[C@H](NC(=O)[C@H](CCSC)NC(=O)CC(CNCCN)CNCCN)C(=O)N[C@H](C(=O)N[C@H](C(=O)N[C@@H](CCC(=O)O)C(=O)N[C@@H](CC(C)C)C(=O)NCC(=O)N[C@H](C(=O)N[C@@H](CC(N)=O)C(=O)N1CCC[C@H]1C(=O)NC)[C@@H](C)O)C(C)C)C(C)C. The van der Waals surface area contributed by atoms with Crippen molar-refractivity contribution in [3.63, 3.8) is 0 Å². The Morgan fingerprint density at radius 1 is 0.607 bits per heavy atom. The predicted molar refractivity (Wildman–Crippen MR) is 333 cm³/mol. The number of carboxylic acids is 1. The number of nitrogens with one attached hydrogen (secondary N) is 12. The molecule has 0 spiro atoms. The number of aliphatic hydroxyl groups excluding tert-OH is 1. The lowest BCUT2D eigenvalue weighted by Crippen LogP contribution is -2.62. The number of amides is 12. The van der Waals surface area contributed by atoms with Crippen molar-refractivity contribution >= 4 is 88.6 Å². The molecule has 1 aliphatic heterocycles. The van der Waals surface area contributed by atoms with Crippen LogP contribution < -0.4 is 81.0 Å². The monoisotopic (exact) mass is 1280 g/mol. The van der Waals surface area contributed by atoms with E-state index in [1.54, 1.807) is 48.5 Å². The molecule has 0 aromatic rings. The van der Waals surface area contributed by atoms with Crippen molar-refractivity contribution in [1.82, 2.24) is 68.7 Å². The molecule has 0 saturated carbocycles. The van der Waals surface area contributed by atoms with Gasteiger partial charge < -0.3 is 96.1 Å². The third-order valence-corrected chi connectivity index (χ3v) is 15.4. The van der Waals surface area contributed by atoms with Crippen LogP contribution in [0.2, 0.25) is 0 Å². The number of nitrogens with zero attached hydrogens (tertiary/aromatic N) is 1. The molecule has 508 valence electrons. The topological polar surface area (TPSA) is 488 Å².